The van der Waals surface area contributed by atoms with E-state index in [0.29, 0.717) is 11.6 Å². The fourth-order valence-electron chi connectivity index (χ4n) is 1.63. The van der Waals surface area contributed by atoms with Gasteiger partial charge in [-0.1, -0.05) is 0 Å². The van der Waals surface area contributed by atoms with Crippen molar-refractivity contribution >= 4 is 11.5 Å². The molecule has 7 nitrogen and oxygen atoms in total. The summed E-state index contributed by atoms with van der Waals surface area (Å²) in [7, 11) is 1.48. The minimum absolute atomic E-state index is 0.118. The van der Waals surface area contributed by atoms with Crippen LogP contribution in [0.5, 0.6) is 11.5 Å². The van der Waals surface area contributed by atoms with Gasteiger partial charge in [-0.3, -0.25) is 10.1 Å². The van der Waals surface area contributed by atoms with Gasteiger partial charge in [-0.2, -0.15) is 0 Å². The predicted molar refractivity (Wildman–Crippen MR) is 72.6 cm³/mol. The van der Waals surface area contributed by atoms with Crippen LogP contribution >= 0.6 is 0 Å². The van der Waals surface area contributed by atoms with Crippen molar-refractivity contribution in [3.8, 4) is 11.5 Å². The number of nitrogens with two attached hydrogens (primary N) is 1. The van der Waals surface area contributed by atoms with Gasteiger partial charge in [0.15, 0.2) is 0 Å². The minimum Gasteiger partial charge on any atom is -0.497 e. The molecule has 0 aliphatic rings. The summed E-state index contributed by atoms with van der Waals surface area (Å²) in [4.78, 5) is 14.3. The summed E-state index contributed by atoms with van der Waals surface area (Å²) in [5.74, 6) is 0.996. The van der Waals surface area contributed by atoms with E-state index in [4.69, 9.17) is 15.2 Å². The molecule has 1 heterocycles. The van der Waals surface area contributed by atoms with Crippen LogP contribution in [-0.2, 0) is 6.61 Å². The average Bonchev–Trinajstić information content (AvgIpc) is 2.44. The van der Waals surface area contributed by atoms with Crippen molar-refractivity contribution in [3.05, 3.63) is 52.2 Å². The third-order valence-electron chi connectivity index (χ3n) is 2.60. The number of pyridine rings is 1. The van der Waals surface area contributed by atoms with Crippen LogP contribution in [0.4, 0.5) is 11.5 Å². The average molecular weight is 275 g/mol. The first-order valence-electron chi connectivity index (χ1n) is 5.76. The molecule has 0 aliphatic heterocycles. The van der Waals surface area contributed by atoms with Crippen molar-refractivity contribution in [1.82, 2.24) is 4.98 Å². The van der Waals surface area contributed by atoms with Crippen LogP contribution < -0.4 is 15.2 Å². The summed E-state index contributed by atoms with van der Waals surface area (Å²) >= 11 is 0. The lowest BCUT2D eigenvalue weighted by molar-refractivity contribution is -0.386. The zero-order valence-electron chi connectivity index (χ0n) is 10.8. The lowest BCUT2D eigenvalue weighted by atomic mass is 10.2. The van der Waals surface area contributed by atoms with E-state index in [-0.39, 0.29) is 18.0 Å². The molecule has 2 aromatic rings. The quantitative estimate of drug-likeness (QED) is 0.662. The number of rotatable bonds is 5. The standard InChI is InChI=1S/C13H13N3O4/c1-19-10-2-3-11(16(17)18)12(7-10)20-8-9-4-5-15-13(14)6-9/h2-7H,8H2,1H3,(H2,14,15). The zero-order chi connectivity index (χ0) is 14.5. The van der Waals surface area contributed by atoms with E-state index in [9.17, 15) is 10.1 Å². The molecule has 0 amide bonds. The number of methoxy groups -OCH3 is 1. The molecule has 2 rings (SSSR count). The van der Waals surface area contributed by atoms with E-state index < -0.39 is 4.92 Å². The molecular weight excluding hydrogens is 262 g/mol. The lowest BCUT2D eigenvalue weighted by Crippen LogP contribution is -2.01. The summed E-state index contributed by atoms with van der Waals surface area (Å²) in [6.07, 6.45) is 1.55. The molecule has 20 heavy (non-hydrogen) atoms. The molecule has 0 radical (unpaired) electrons. The second kappa shape index (κ2) is 5.87. The van der Waals surface area contributed by atoms with Crippen molar-refractivity contribution in [1.29, 1.82) is 0 Å². The van der Waals surface area contributed by atoms with Gasteiger partial charge in [-0.05, 0) is 23.8 Å². The Morgan fingerprint density at radius 1 is 1.35 bits per heavy atom. The molecule has 104 valence electrons. The van der Waals surface area contributed by atoms with Crippen LogP contribution in [0.2, 0.25) is 0 Å². The number of aromatic nitrogens is 1. The summed E-state index contributed by atoms with van der Waals surface area (Å²) in [6.45, 7) is 0.153. The largest absolute Gasteiger partial charge is 0.497 e. The van der Waals surface area contributed by atoms with E-state index >= 15 is 0 Å². The van der Waals surface area contributed by atoms with E-state index in [1.807, 2.05) is 0 Å². The first-order valence-corrected chi connectivity index (χ1v) is 5.76. The molecule has 2 N–H and O–H groups in total. The maximum atomic E-state index is 10.9. The molecule has 0 spiro atoms. The van der Waals surface area contributed by atoms with E-state index in [0.717, 1.165) is 5.56 Å². The molecule has 0 bridgehead atoms. The van der Waals surface area contributed by atoms with Crippen LogP contribution in [0.15, 0.2) is 36.5 Å². The Bertz CT molecular complexity index is 631. The minimum atomic E-state index is -0.504. The van der Waals surface area contributed by atoms with Gasteiger partial charge < -0.3 is 15.2 Å². The molecular formula is C13H13N3O4. The van der Waals surface area contributed by atoms with Crippen molar-refractivity contribution in [2.24, 2.45) is 0 Å². The SMILES string of the molecule is COc1ccc([N+](=O)[O-])c(OCc2ccnc(N)c2)c1. The second-order valence-electron chi connectivity index (χ2n) is 3.97. The van der Waals surface area contributed by atoms with Crippen molar-refractivity contribution in [2.45, 2.75) is 6.61 Å². The van der Waals surface area contributed by atoms with Gasteiger partial charge in [-0.15, -0.1) is 0 Å². The number of hydrogen-bond acceptors (Lipinski definition) is 6. The van der Waals surface area contributed by atoms with Gasteiger partial charge in [0.1, 0.15) is 18.2 Å². The Hall–Kier alpha value is -2.83. The topological polar surface area (TPSA) is 101 Å². The second-order valence-corrected chi connectivity index (χ2v) is 3.97. The highest BCUT2D eigenvalue weighted by Crippen LogP contribution is 2.31. The summed E-state index contributed by atoms with van der Waals surface area (Å²) < 4.78 is 10.5. The Morgan fingerprint density at radius 2 is 2.15 bits per heavy atom. The summed E-state index contributed by atoms with van der Waals surface area (Å²) in [5, 5.41) is 10.9. The third-order valence-corrected chi connectivity index (χ3v) is 2.60. The monoisotopic (exact) mass is 275 g/mol. The lowest BCUT2D eigenvalue weighted by Gasteiger charge is -2.08. The van der Waals surface area contributed by atoms with Crippen LogP contribution in [-0.4, -0.2) is 17.0 Å². The highest BCUT2D eigenvalue weighted by atomic mass is 16.6. The highest BCUT2D eigenvalue weighted by molar-refractivity contribution is 5.50. The van der Waals surface area contributed by atoms with E-state index in [1.54, 1.807) is 18.3 Å². The molecule has 0 saturated carbocycles. The Labute approximate surface area is 115 Å². The van der Waals surface area contributed by atoms with Gasteiger partial charge in [0.05, 0.1) is 12.0 Å². The van der Waals surface area contributed by atoms with Crippen LogP contribution in [0, 0.1) is 10.1 Å². The highest BCUT2D eigenvalue weighted by Gasteiger charge is 2.16. The first kappa shape index (κ1) is 13.6. The normalized spacial score (nSPS) is 10.1. The van der Waals surface area contributed by atoms with Gasteiger partial charge >= 0.3 is 5.69 Å². The first-order chi connectivity index (χ1) is 9.60. The molecule has 0 aliphatic carbocycles. The van der Waals surface area contributed by atoms with Crippen molar-refractivity contribution in [3.63, 3.8) is 0 Å². The Kier molecular flexibility index (Phi) is 3.99. The van der Waals surface area contributed by atoms with Gasteiger partial charge in [-0.25, -0.2) is 4.98 Å². The number of nitro benzene ring substituents is 1. The van der Waals surface area contributed by atoms with Crippen molar-refractivity contribution < 1.29 is 14.4 Å². The van der Waals surface area contributed by atoms with Gasteiger partial charge in [0, 0.05) is 18.3 Å². The van der Waals surface area contributed by atoms with E-state index in [2.05, 4.69) is 4.98 Å². The molecule has 0 atom stereocenters. The number of nitrogen functional groups attached to an aromatic ring is 1. The number of nitro groups is 1. The Morgan fingerprint density at radius 3 is 2.80 bits per heavy atom. The summed E-state index contributed by atoms with van der Waals surface area (Å²) in [6, 6.07) is 7.70. The number of nitrogens with zero attached hydrogens (tertiary/aromatic N) is 2. The summed E-state index contributed by atoms with van der Waals surface area (Å²) in [5.41, 5.74) is 6.21. The third kappa shape index (κ3) is 3.14. The number of benzene rings is 1. The number of anilines is 1. The molecule has 1 aromatic carbocycles. The molecule has 0 unspecified atom stereocenters. The number of ether oxygens (including phenoxy) is 2. The zero-order valence-corrected chi connectivity index (χ0v) is 10.8. The maximum absolute atomic E-state index is 10.9. The molecule has 0 saturated heterocycles. The fourth-order valence-corrected chi connectivity index (χ4v) is 1.63. The van der Waals surface area contributed by atoms with E-state index in [1.165, 1.54) is 25.3 Å². The van der Waals surface area contributed by atoms with Crippen LogP contribution in [0.3, 0.4) is 0 Å². The molecule has 7 heteroatoms. The predicted octanol–water partition coefficient (Wildman–Crippen LogP) is 2.16. The van der Waals surface area contributed by atoms with Crippen LogP contribution in [0.1, 0.15) is 5.56 Å². The fraction of sp³-hybridized carbons (Fsp3) is 0.154. The number of hydrogen-bond donors (Lipinski definition) is 1. The van der Waals surface area contributed by atoms with Crippen LogP contribution in [0.25, 0.3) is 0 Å². The smallest absolute Gasteiger partial charge is 0.311 e. The van der Waals surface area contributed by atoms with Gasteiger partial charge in [0.2, 0.25) is 5.75 Å². The van der Waals surface area contributed by atoms with Crippen molar-refractivity contribution in [2.75, 3.05) is 12.8 Å². The van der Waals surface area contributed by atoms with Gasteiger partial charge in [0.25, 0.3) is 0 Å². The molecule has 1 aromatic heterocycles. The Balaban J connectivity index is 2.21. The maximum Gasteiger partial charge on any atom is 0.311 e. The molecule has 0 fully saturated rings.